The highest BCUT2D eigenvalue weighted by Gasteiger charge is 2.53. The second-order valence-electron chi connectivity index (χ2n) is 18.3. The van der Waals surface area contributed by atoms with Crippen LogP contribution < -0.4 is 0 Å². The summed E-state index contributed by atoms with van der Waals surface area (Å²) in [6, 6.07) is -0.818. The van der Waals surface area contributed by atoms with Crippen LogP contribution in [-0.2, 0) is 61.8 Å². The van der Waals surface area contributed by atoms with Gasteiger partial charge >= 0.3 is 17.9 Å². The molecule has 0 aliphatic carbocycles. The number of nitrogens with zero attached hydrogens (tertiary/aromatic N) is 1. The molecule has 0 aromatic heterocycles. The quantitative estimate of drug-likeness (QED) is 0.0678. The largest absolute Gasteiger partial charge is 0.462 e. The average Bonchev–Trinajstić information content (AvgIpc) is 3.88. The molecule has 0 spiro atoms. The number of carbonyl (C=O) groups is 4. The minimum absolute atomic E-state index is 0.0156. The van der Waals surface area contributed by atoms with E-state index in [2.05, 4.69) is 0 Å². The van der Waals surface area contributed by atoms with Crippen molar-refractivity contribution in [3.05, 3.63) is 12.2 Å². The molecule has 3 fully saturated rings. The third kappa shape index (κ3) is 14.2. The van der Waals surface area contributed by atoms with Gasteiger partial charge in [-0.05, 0) is 73.9 Å². The van der Waals surface area contributed by atoms with Gasteiger partial charge < -0.3 is 72.8 Å². The van der Waals surface area contributed by atoms with Crippen molar-refractivity contribution in [2.75, 3.05) is 21.2 Å². The zero-order valence-electron chi connectivity index (χ0n) is 37.5. The Morgan fingerprint density at radius 2 is 1.66 bits per heavy atom. The lowest BCUT2D eigenvalue weighted by Crippen LogP contribution is -2.66. The van der Waals surface area contributed by atoms with Crippen molar-refractivity contribution in [2.45, 2.75) is 203 Å². The highest BCUT2D eigenvalue weighted by molar-refractivity contribution is 5.73. The first-order chi connectivity index (χ1) is 28.5. The predicted molar refractivity (Wildman–Crippen MR) is 215 cm³/mol. The van der Waals surface area contributed by atoms with Crippen LogP contribution in [0.4, 0.5) is 0 Å². The summed E-state index contributed by atoms with van der Waals surface area (Å²) in [6.07, 6.45) is -9.19. The van der Waals surface area contributed by atoms with Crippen LogP contribution in [0.5, 0.6) is 0 Å². The molecule has 18 nitrogen and oxygen atoms in total. The van der Waals surface area contributed by atoms with Gasteiger partial charge in [-0.3, -0.25) is 14.4 Å². The standard InChI is InChI=1S/C43H71NO17/c1-12-31(47)58-30-19-32(48)54-23(3)18-29-28(57-29)14-13-27(46)22(2)17-26(15-16-45)38(39(30)53-11)61-41-36(50)35(44(9)10)37(24(4)56-41)60-34-21-43(8,52)40(25(5)55-34)59-33(49)20-42(6,7)51/h13-14,16,22-30,34-41,46,50-52H,12,15,17-21H2,1-11H3. The van der Waals surface area contributed by atoms with Crippen molar-refractivity contribution in [1.82, 2.24) is 4.90 Å². The lowest BCUT2D eigenvalue weighted by Gasteiger charge is -2.50. The van der Waals surface area contributed by atoms with E-state index in [-0.39, 0.29) is 44.3 Å². The predicted octanol–water partition coefficient (Wildman–Crippen LogP) is 1.73. The number of aldehydes is 1. The van der Waals surface area contributed by atoms with Gasteiger partial charge in [-0.1, -0.05) is 26.0 Å². The number of hydrogen-bond donors (Lipinski definition) is 4. The Hall–Kier alpha value is -2.62. The molecule has 0 radical (unpaired) electrons. The van der Waals surface area contributed by atoms with E-state index < -0.39 is 127 Å². The van der Waals surface area contributed by atoms with Crippen LogP contribution in [0.1, 0.15) is 100 Å². The van der Waals surface area contributed by atoms with E-state index in [0.717, 1.165) is 0 Å². The first kappa shape index (κ1) is 51.0. The third-order valence-corrected chi connectivity index (χ3v) is 11.8. The fourth-order valence-corrected chi connectivity index (χ4v) is 8.67. The molecule has 4 heterocycles. The van der Waals surface area contributed by atoms with Crippen molar-refractivity contribution in [1.29, 1.82) is 0 Å². The SMILES string of the molecule is CCC(=O)OC1CC(=O)OC(C)CC2OC2C=CC(O)C(C)CC(CC=O)C(OC2OC(C)C(OC3CC(C)(O)C(OC(=O)CC(C)(C)O)C(C)O3)C(N(C)C)C2O)C1OC. The summed E-state index contributed by atoms with van der Waals surface area (Å²) >= 11 is 0. The van der Waals surface area contributed by atoms with Crippen LogP contribution in [0.2, 0.25) is 0 Å². The third-order valence-electron chi connectivity index (χ3n) is 11.8. The Morgan fingerprint density at radius 1 is 0.967 bits per heavy atom. The molecule has 0 aromatic rings. The van der Waals surface area contributed by atoms with Gasteiger partial charge in [-0.15, -0.1) is 0 Å². The molecule has 3 saturated heterocycles. The number of aliphatic hydroxyl groups is 4. The van der Waals surface area contributed by atoms with Gasteiger partial charge in [0.25, 0.3) is 0 Å². The van der Waals surface area contributed by atoms with Gasteiger partial charge in [-0.2, -0.15) is 0 Å². The number of carbonyl (C=O) groups excluding carboxylic acids is 4. The van der Waals surface area contributed by atoms with Crippen LogP contribution in [0.25, 0.3) is 0 Å². The highest BCUT2D eigenvalue weighted by Crippen LogP contribution is 2.38. The van der Waals surface area contributed by atoms with Crippen molar-refractivity contribution in [3.8, 4) is 0 Å². The molecule has 0 aromatic carbocycles. The molecule has 0 saturated carbocycles. The van der Waals surface area contributed by atoms with Gasteiger partial charge in [0.1, 0.15) is 48.5 Å². The summed E-state index contributed by atoms with van der Waals surface area (Å²) in [5, 5.41) is 44.9. The summed E-state index contributed by atoms with van der Waals surface area (Å²) in [5.41, 5.74) is -2.91. The normalized spacial score (nSPS) is 41.6. The fraction of sp³-hybridized carbons (Fsp3) is 0.860. The number of esters is 3. The van der Waals surface area contributed by atoms with E-state index >= 15 is 0 Å². The van der Waals surface area contributed by atoms with Gasteiger partial charge in [0.15, 0.2) is 18.7 Å². The maximum atomic E-state index is 13.4. The monoisotopic (exact) mass is 873 g/mol. The van der Waals surface area contributed by atoms with E-state index in [4.69, 9.17) is 42.6 Å². The first-order valence-electron chi connectivity index (χ1n) is 21.5. The van der Waals surface area contributed by atoms with Crippen LogP contribution >= 0.6 is 0 Å². The summed E-state index contributed by atoms with van der Waals surface area (Å²) in [6.45, 7) is 12.9. The Bertz CT molecular complexity index is 1480. The average molecular weight is 874 g/mol. The van der Waals surface area contributed by atoms with E-state index in [1.54, 1.807) is 58.8 Å². The highest BCUT2D eigenvalue weighted by atomic mass is 16.7. The molecule has 4 aliphatic rings. The van der Waals surface area contributed by atoms with Crippen molar-refractivity contribution >= 4 is 24.2 Å². The number of ether oxygens (including phenoxy) is 9. The molecule has 350 valence electrons. The van der Waals surface area contributed by atoms with E-state index in [9.17, 15) is 39.6 Å². The molecular weight excluding hydrogens is 802 g/mol. The number of epoxide rings is 1. The maximum Gasteiger partial charge on any atom is 0.309 e. The smallest absolute Gasteiger partial charge is 0.309 e. The minimum atomic E-state index is -1.60. The molecule has 18 heteroatoms. The molecule has 61 heavy (non-hydrogen) atoms. The number of fused-ring (bicyclic) bond motifs is 1. The number of hydrogen-bond acceptors (Lipinski definition) is 18. The van der Waals surface area contributed by atoms with Crippen LogP contribution in [-0.4, -0.2) is 174 Å². The summed E-state index contributed by atoms with van der Waals surface area (Å²) < 4.78 is 54.5. The molecule has 0 amide bonds. The van der Waals surface area contributed by atoms with E-state index in [1.807, 2.05) is 6.92 Å². The molecule has 18 atom stereocenters. The maximum absolute atomic E-state index is 13.4. The summed E-state index contributed by atoms with van der Waals surface area (Å²) in [4.78, 5) is 53.0. The van der Waals surface area contributed by atoms with Crippen LogP contribution in [0, 0.1) is 11.8 Å². The van der Waals surface area contributed by atoms with Crippen molar-refractivity contribution in [2.24, 2.45) is 11.8 Å². The second kappa shape index (κ2) is 21.8. The van der Waals surface area contributed by atoms with E-state index in [0.29, 0.717) is 12.7 Å². The van der Waals surface area contributed by atoms with Gasteiger partial charge in [0, 0.05) is 32.8 Å². The van der Waals surface area contributed by atoms with Gasteiger partial charge in [-0.25, -0.2) is 0 Å². The molecular formula is C43H71NO17. The fourth-order valence-electron chi connectivity index (χ4n) is 8.67. The number of likely N-dealkylation sites (N-methyl/N-ethyl adjacent to an activating group) is 1. The molecule has 18 unspecified atom stereocenters. The molecule has 4 aliphatic heterocycles. The topological polar surface area (TPSA) is 239 Å². The number of aliphatic hydroxyl groups excluding tert-OH is 2. The molecule has 4 N–H and O–H groups in total. The number of rotatable bonds is 13. The number of cyclic esters (lactones) is 1. The number of methoxy groups -OCH3 is 1. The Balaban J connectivity index is 1.64. The van der Waals surface area contributed by atoms with Crippen LogP contribution in [0.3, 0.4) is 0 Å². The first-order valence-corrected chi connectivity index (χ1v) is 21.5. The Labute approximate surface area is 359 Å². The van der Waals surface area contributed by atoms with Crippen LogP contribution in [0.15, 0.2) is 12.2 Å². The zero-order valence-corrected chi connectivity index (χ0v) is 37.5. The molecule has 4 rings (SSSR count). The summed E-state index contributed by atoms with van der Waals surface area (Å²) in [7, 11) is 4.82. The second-order valence-corrected chi connectivity index (χ2v) is 18.3. The Kier molecular flexibility index (Phi) is 18.3. The zero-order chi connectivity index (χ0) is 45.6. The van der Waals surface area contributed by atoms with Crippen molar-refractivity contribution in [3.63, 3.8) is 0 Å². The Morgan fingerprint density at radius 3 is 2.25 bits per heavy atom. The van der Waals surface area contributed by atoms with Gasteiger partial charge in [0.2, 0.25) is 0 Å². The lowest BCUT2D eigenvalue weighted by atomic mass is 9.82. The van der Waals surface area contributed by atoms with E-state index in [1.165, 1.54) is 27.9 Å². The van der Waals surface area contributed by atoms with Gasteiger partial charge in [0.05, 0.1) is 55.0 Å². The molecule has 0 bridgehead atoms. The minimum Gasteiger partial charge on any atom is -0.462 e. The summed E-state index contributed by atoms with van der Waals surface area (Å²) in [5.74, 6) is -3.14. The lowest BCUT2D eigenvalue weighted by molar-refractivity contribution is -0.344. The van der Waals surface area contributed by atoms with Crippen molar-refractivity contribution < 1.29 is 82.2 Å².